The number of fused-ring (bicyclic) bond motifs is 2. The summed E-state index contributed by atoms with van der Waals surface area (Å²) in [5.41, 5.74) is 11.4. The van der Waals surface area contributed by atoms with Crippen LogP contribution in [0.2, 0.25) is 0 Å². The minimum absolute atomic E-state index is 1.02. The third kappa shape index (κ3) is 3.86. The minimum Gasteiger partial charge on any atom is -0.246 e. The number of hydrogen-bond acceptors (Lipinski definition) is 1. The zero-order chi connectivity index (χ0) is 25.3. The van der Waals surface area contributed by atoms with Crippen LogP contribution in [-0.2, 0) is 0 Å². The average Bonchev–Trinajstić information content (AvgIpc) is 3.01. The summed E-state index contributed by atoms with van der Waals surface area (Å²) in [6, 6.07) is 53.7. The molecule has 0 amide bonds. The first-order valence-corrected chi connectivity index (χ1v) is 13.0. The van der Waals surface area contributed by atoms with Gasteiger partial charge in [-0.2, -0.15) is 0 Å². The van der Waals surface area contributed by atoms with Crippen LogP contribution in [0.3, 0.4) is 0 Å². The summed E-state index contributed by atoms with van der Waals surface area (Å²) in [7, 11) is 0. The molecular formula is C37H25N. The Kier molecular flexibility index (Phi) is 5.53. The molecule has 0 bridgehead atoms. The van der Waals surface area contributed by atoms with Gasteiger partial charge in [0.15, 0.2) is 0 Å². The maximum atomic E-state index is 5.50. The Hall–Kier alpha value is -5.01. The second-order valence-corrected chi connectivity index (χ2v) is 9.57. The second kappa shape index (κ2) is 9.46. The van der Waals surface area contributed by atoms with Gasteiger partial charge in [-0.25, -0.2) is 4.98 Å². The van der Waals surface area contributed by atoms with Crippen molar-refractivity contribution >= 4 is 21.8 Å². The van der Waals surface area contributed by atoms with E-state index in [-0.39, 0.29) is 0 Å². The topological polar surface area (TPSA) is 12.9 Å². The summed E-state index contributed by atoms with van der Waals surface area (Å²) < 4.78 is 0. The van der Waals surface area contributed by atoms with Gasteiger partial charge in [0.1, 0.15) is 0 Å². The quantitative estimate of drug-likeness (QED) is 0.227. The molecule has 0 unspecified atom stereocenters. The summed E-state index contributed by atoms with van der Waals surface area (Å²) in [5.74, 6) is 0. The van der Waals surface area contributed by atoms with Crippen molar-refractivity contribution in [2.75, 3.05) is 0 Å². The Balaban J connectivity index is 1.64. The molecule has 0 aliphatic heterocycles. The molecule has 1 aromatic heterocycles. The zero-order valence-corrected chi connectivity index (χ0v) is 20.9. The molecule has 0 fully saturated rings. The lowest BCUT2D eigenvalue weighted by atomic mass is 9.90. The number of aromatic nitrogens is 1. The fourth-order valence-corrected chi connectivity index (χ4v) is 5.45. The maximum absolute atomic E-state index is 5.50. The smallest absolute Gasteiger partial charge is 0.0794 e. The zero-order valence-electron chi connectivity index (χ0n) is 20.9. The number of pyridine rings is 1. The molecule has 7 aromatic rings. The lowest BCUT2D eigenvalue weighted by Gasteiger charge is -2.16. The van der Waals surface area contributed by atoms with Crippen LogP contribution in [0, 0.1) is 0 Å². The third-order valence-electron chi connectivity index (χ3n) is 7.29. The lowest BCUT2D eigenvalue weighted by molar-refractivity contribution is 1.48. The van der Waals surface area contributed by atoms with Gasteiger partial charge in [-0.05, 0) is 39.4 Å². The van der Waals surface area contributed by atoms with E-state index in [9.17, 15) is 0 Å². The molecule has 0 N–H and O–H groups in total. The molecule has 0 aliphatic rings. The monoisotopic (exact) mass is 483 g/mol. The molecule has 0 saturated heterocycles. The Morgan fingerprint density at radius 3 is 0.921 bits per heavy atom. The van der Waals surface area contributed by atoms with Gasteiger partial charge in [-0.15, -0.1) is 0 Å². The van der Waals surface area contributed by atoms with Crippen molar-refractivity contribution in [2.45, 2.75) is 0 Å². The molecular weight excluding hydrogens is 458 g/mol. The molecule has 0 radical (unpaired) electrons. The van der Waals surface area contributed by atoms with Crippen LogP contribution in [0.5, 0.6) is 0 Å². The predicted molar refractivity (Wildman–Crippen MR) is 161 cm³/mol. The molecule has 0 spiro atoms. The number of hydrogen-bond donors (Lipinski definition) is 0. The first kappa shape index (κ1) is 22.2. The highest BCUT2D eigenvalue weighted by Gasteiger charge is 2.17. The highest BCUT2D eigenvalue weighted by Crippen LogP contribution is 2.41. The van der Waals surface area contributed by atoms with Crippen molar-refractivity contribution in [1.82, 2.24) is 4.98 Å². The summed E-state index contributed by atoms with van der Waals surface area (Å²) in [6.45, 7) is 0. The van der Waals surface area contributed by atoms with Crippen molar-refractivity contribution in [3.05, 3.63) is 152 Å². The highest BCUT2D eigenvalue weighted by atomic mass is 14.7. The van der Waals surface area contributed by atoms with Crippen LogP contribution in [0.15, 0.2) is 152 Å². The normalized spacial score (nSPS) is 11.2. The fraction of sp³-hybridized carbons (Fsp3) is 0. The van der Waals surface area contributed by atoms with E-state index in [0.29, 0.717) is 0 Å². The van der Waals surface area contributed by atoms with Crippen molar-refractivity contribution in [1.29, 1.82) is 0 Å². The van der Waals surface area contributed by atoms with Crippen LogP contribution >= 0.6 is 0 Å². The SMILES string of the molecule is c1ccc(-c2ccc(-c3ccccc3)c3nc4c(-c5ccccc5)ccc(-c5ccccc5)c4cc23)cc1. The standard InChI is InChI=1S/C37H25N/c1-5-13-26(14-6-1)30-21-23-32(28-17-9-3-10-18-28)36-34(30)25-35-31(27-15-7-2-8-16-27)22-24-33(37(35)38-36)29-19-11-4-12-20-29/h1-25H. The van der Waals surface area contributed by atoms with E-state index < -0.39 is 0 Å². The molecule has 0 saturated carbocycles. The first-order valence-electron chi connectivity index (χ1n) is 13.0. The molecule has 0 aliphatic carbocycles. The van der Waals surface area contributed by atoms with Gasteiger partial charge in [0.05, 0.1) is 11.0 Å². The third-order valence-corrected chi connectivity index (χ3v) is 7.29. The van der Waals surface area contributed by atoms with Crippen molar-refractivity contribution in [3.8, 4) is 44.5 Å². The van der Waals surface area contributed by atoms with E-state index in [1.165, 1.54) is 33.4 Å². The molecule has 0 atom stereocenters. The number of rotatable bonds is 4. The predicted octanol–water partition coefficient (Wildman–Crippen LogP) is 10.1. The van der Waals surface area contributed by atoms with E-state index >= 15 is 0 Å². The molecule has 1 nitrogen and oxygen atoms in total. The molecule has 6 aromatic carbocycles. The Morgan fingerprint density at radius 1 is 0.289 bits per heavy atom. The minimum atomic E-state index is 1.02. The molecule has 1 heteroatoms. The Bertz CT molecular complexity index is 1600. The van der Waals surface area contributed by atoms with E-state index in [1.54, 1.807) is 0 Å². The van der Waals surface area contributed by atoms with Crippen LogP contribution in [0.25, 0.3) is 66.3 Å². The summed E-state index contributed by atoms with van der Waals surface area (Å²) in [5, 5.41) is 2.32. The van der Waals surface area contributed by atoms with E-state index in [2.05, 4.69) is 152 Å². The van der Waals surface area contributed by atoms with Gasteiger partial charge in [0, 0.05) is 21.9 Å². The van der Waals surface area contributed by atoms with E-state index in [1.807, 2.05) is 0 Å². The number of benzene rings is 6. The summed E-state index contributed by atoms with van der Waals surface area (Å²) >= 11 is 0. The van der Waals surface area contributed by atoms with Gasteiger partial charge in [0.25, 0.3) is 0 Å². The molecule has 38 heavy (non-hydrogen) atoms. The molecule has 1 heterocycles. The summed E-state index contributed by atoms with van der Waals surface area (Å²) in [6.07, 6.45) is 0. The lowest BCUT2D eigenvalue weighted by Crippen LogP contribution is -1.94. The van der Waals surface area contributed by atoms with E-state index in [4.69, 9.17) is 4.98 Å². The van der Waals surface area contributed by atoms with Crippen LogP contribution < -0.4 is 0 Å². The van der Waals surface area contributed by atoms with Gasteiger partial charge in [0.2, 0.25) is 0 Å². The Labute approximate surface area is 222 Å². The summed E-state index contributed by atoms with van der Waals surface area (Å²) in [4.78, 5) is 5.50. The van der Waals surface area contributed by atoms with Crippen LogP contribution in [0.4, 0.5) is 0 Å². The first-order chi connectivity index (χ1) is 18.9. The van der Waals surface area contributed by atoms with Crippen molar-refractivity contribution in [3.63, 3.8) is 0 Å². The van der Waals surface area contributed by atoms with Crippen LogP contribution in [0.1, 0.15) is 0 Å². The maximum Gasteiger partial charge on any atom is 0.0794 e. The average molecular weight is 484 g/mol. The number of nitrogens with zero attached hydrogens (tertiary/aromatic N) is 1. The second-order valence-electron chi connectivity index (χ2n) is 9.57. The van der Waals surface area contributed by atoms with E-state index in [0.717, 1.165) is 32.9 Å². The molecule has 178 valence electrons. The van der Waals surface area contributed by atoms with Gasteiger partial charge in [-0.3, -0.25) is 0 Å². The van der Waals surface area contributed by atoms with Gasteiger partial charge < -0.3 is 0 Å². The highest BCUT2D eigenvalue weighted by molar-refractivity contribution is 6.12. The van der Waals surface area contributed by atoms with Crippen molar-refractivity contribution < 1.29 is 0 Å². The fourth-order valence-electron chi connectivity index (χ4n) is 5.45. The van der Waals surface area contributed by atoms with Gasteiger partial charge in [-0.1, -0.05) is 146 Å². The van der Waals surface area contributed by atoms with Crippen LogP contribution in [-0.4, -0.2) is 4.98 Å². The van der Waals surface area contributed by atoms with Crippen molar-refractivity contribution in [2.24, 2.45) is 0 Å². The Morgan fingerprint density at radius 2 is 0.579 bits per heavy atom. The molecule has 7 rings (SSSR count). The van der Waals surface area contributed by atoms with Gasteiger partial charge >= 0.3 is 0 Å². The largest absolute Gasteiger partial charge is 0.246 e.